The molecule has 1 fully saturated rings. The van der Waals surface area contributed by atoms with Gasteiger partial charge in [0.15, 0.2) is 17.3 Å². The van der Waals surface area contributed by atoms with Crippen LogP contribution in [0.4, 0.5) is 15.9 Å². The van der Waals surface area contributed by atoms with Gasteiger partial charge in [-0.05, 0) is 31.7 Å². The van der Waals surface area contributed by atoms with E-state index in [1.54, 1.807) is 24.3 Å². The Labute approximate surface area is 189 Å². The average molecular weight is 460 g/mol. The minimum Gasteiger partial charge on any atom is -0.493 e. The zero-order valence-corrected chi connectivity index (χ0v) is 18.4. The van der Waals surface area contributed by atoms with Crippen LogP contribution in [-0.4, -0.2) is 53.6 Å². The molecule has 0 radical (unpaired) electrons. The number of rotatable bonds is 6. The molecule has 168 valence electrons. The predicted octanol–water partition coefficient (Wildman–Crippen LogP) is 3.50. The number of piperidine rings is 1. The summed E-state index contributed by atoms with van der Waals surface area (Å²) in [5.41, 5.74) is 6.31. The summed E-state index contributed by atoms with van der Waals surface area (Å²) in [7, 11) is 3.41. The molecule has 0 aliphatic carbocycles. The number of carbonyl (C=O) groups excluding carboxylic acids is 1. The molecular formula is C22H23ClFN5O3. The maximum Gasteiger partial charge on any atom is 0.234 e. The van der Waals surface area contributed by atoms with Gasteiger partial charge in [0.2, 0.25) is 5.91 Å². The predicted molar refractivity (Wildman–Crippen MR) is 120 cm³/mol. The van der Waals surface area contributed by atoms with E-state index < -0.39 is 11.9 Å². The highest BCUT2D eigenvalue weighted by Gasteiger charge is 2.31. The molecule has 32 heavy (non-hydrogen) atoms. The molecular weight excluding hydrogens is 437 g/mol. The number of primary amides is 1. The fourth-order valence-electron chi connectivity index (χ4n) is 3.81. The highest BCUT2D eigenvalue weighted by molar-refractivity contribution is 6.31. The second-order valence-electron chi connectivity index (χ2n) is 7.63. The van der Waals surface area contributed by atoms with Crippen LogP contribution in [0.5, 0.6) is 11.5 Å². The average Bonchev–Trinajstić information content (AvgIpc) is 2.78. The van der Waals surface area contributed by atoms with Crippen LogP contribution in [0.3, 0.4) is 0 Å². The number of ether oxygens (including phenoxy) is 2. The van der Waals surface area contributed by atoms with Gasteiger partial charge in [-0.2, -0.15) is 0 Å². The van der Waals surface area contributed by atoms with Gasteiger partial charge in [0, 0.05) is 24.4 Å². The van der Waals surface area contributed by atoms with Crippen LogP contribution in [0.15, 0.2) is 36.7 Å². The van der Waals surface area contributed by atoms with E-state index in [0.717, 1.165) is 6.42 Å². The first-order valence-electron chi connectivity index (χ1n) is 10.1. The van der Waals surface area contributed by atoms with Gasteiger partial charge >= 0.3 is 0 Å². The Balaban J connectivity index is 1.68. The molecule has 2 atom stereocenters. The van der Waals surface area contributed by atoms with E-state index in [-0.39, 0.29) is 22.7 Å². The van der Waals surface area contributed by atoms with E-state index in [9.17, 15) is 9.18 Å². The third kappa shape index (κ3) is 4.39. The number of nitrogens with zero attached hydrogens (tertiary/aromatic N) is 3. The van der Waals surface area contributed by atoms with Crippen LogP contribution in [0.25, 0.3) is 10.9 Å². The third-order valence-electron chi connectivity index (χ3n) is 5.57. The standard InChI is InChI=1S/C22H23ClFN5O3/c1-29-7-6-12(8-17(29)21(25)30)32-19-9-13-16(10-18(19)31-2)26-11-27-22(13)28-15-5-3-4-14(23)20(15)24/h3-5,9-12,17H,6-8H2,1-2H3,(H2,25,30)(H,26,27,28)/t12-,17-/m1/s1. The Kier molecular flexibility index (Phi) is 6.29. The molecule has 1 saturated heterocycles. The fraction of sp³-hybridized carbons (Fsp3) is 0.318. The number of carbonyl (C=O) groups is 1. The zero-order chi connectivity index (χ0) is 22.8. The van der Waals surface area contributed by atoms with Crippen molar-refractivity contribution in [2.45, 2.75) is 25.0 Å². The number of amides is 1. The molecule has 8 nitrogen and oxygen atoms in total. The number of methoxy groups -OCH3 is 1. The van der Waals surface area contributed by atoms with E-state index in [4.69, 9.17) is 26.8 Å². The van der Waals surface area contributed by atoms with Crippen LogP contribution in [-0.2, 0) is 4.79 Å². The zero-order valence-electron chi connectivity index (χ0n) is 17.6. The molecule has 3 aromatic rings. The lowest BCUT2D eigenvalue weighted by molar-refractivity contribution is -0.125. The van der Waals surface area contributed by atoms with Crippen molar-refractivity contribution >= 4 is 39.9 Å². The number of benzene rings is 2. The molecule has 1 aromatic heterocycles. The molecule has 10 heteroatoms. The van der Waals surface area contributed by atoms with Crippen molar-refractivity contribution < 1.29 is 18.7 Å². The lowest BCUT2D eigenvalue weighted by atomic mass is 9.99. The largest absolute Gasteiger partial charge is 0.493 e. The topological polar surface area (TPSA) is 103 Å². The number of hydrogen-bond donors (Lipinski definition) is 2. The first-order chi connectivity index (χ1) is 15.4. The number of likely N-dealkylation sites (tertiary alicyclic amines) is 1. The van der Waals surface area contributed by atoms with E-state index in [2.05, 4.69) is 15.3 Å². The van der Waals surface area contributed by atoms with Crippen LogP contribution in [0.1, 0.15) is 12.8 Å². The summed E-state index contributed by atoms with van der Waals surface area (Å²) in [4.78, 5) is 22.2. The van der Waals surface area contributed by atoms with Gasteiger partial charge in [-0.3, -0.25) is 9.69 Å². The lowest BCUT2D eigenvalue weighted by Crippen LogP contribution is -2.50. The number of nitrogens with one attached hydrogen (secondary N) is 1. The van der Waals surface area contributed by atoms with Gasteiger partial charge in [-0.25, -0.2) is 14.4 Å². The first kappa shape index (κ1) is 22.0. The molecule has 0 spiro atoms. The SMILES string of the molecule is COc1cc2ncnc(Nc3cccc(Cl)c3F)c2cc1O[C@@H]1CCN(C)[C@@H](C(N)=O)C1. The van der Waals surface area contributed by atoms with Crippen LogP contribution < -0.4 is 20.5 Å². The second kappa shape index (κ2) is 9.13. The molecule has 3 N–H and O–H groups in total. The normalized spacial score (nSPS) is 19.0. The molecule has 0 bridgehead atoms. The monoisotopic (exact) mass is 459 g/mol. The first-order valence-corrected chi connectivity index (χ1v) is 10.4. The third-order valence-corrected chi connectivity index (χ3v) is 5.86. The fourth-order valence-corrected chi connectivity index (χ4v) is 3.99. The maximum atomic E-state index is 14.4. The Morgan fingerprint density at radius 3 is 2.88 bits per heavy atom. The number of halogens is 2. The van der Waals surface area contributed by atoms with Crippen molar-refractivity contribution in [3.05, 3.63) is 47.5 Å². The summed E-state index contributed by atoms with van der Waals surface area (Å²) in [5.74, 6) is 0.402. The van der Waals surface area contributed by atoms with Crippen LogP contribution in [0, 0.1) is 5.82 Å². The number of anilines is 2. The highest BCUT2D eigenvalue weighted by Crippen LogP contribution is 2.37. The van der Waals surface area contributed by atoms with Gasteiger partial charge < -0.3 is 20.5 Å². The lowest BCUT2D eigenvalue weighted by Gasteiger charge is -2.35. The van der Waals surface area contributed by atoms with E-state index in [0.29, 0.717) is 41.2 Å². The van der Waals surface area contributed by atoms with Crippen LogP contribution >= 0.6 is 11.6 Å². The highest BCUT2D eigenvalue weighted by atomic mass is 35.5. The van der Waals surface area contributed by atoms with Crippen molar-refractivity contribution in [3.63, 3.8) is 0 Å². The smallest absolute Gasteiger partial charge is 0.234 e. The van der Waals surface area contributed by atoms with Crippen molar-refractivity contribution in [2.24, 2.45) is 5.73 Å². The Bertz CT molecular complexity index is 1160. The summed E-state index contributed by atoms with van der Waals surface area (Å²) in [5, 5.41) is 3.60. The summed E-state index contributed by atoms with van der Waals surface area (Å²) < 4.78 is 26.1. The second-order valence-corrected chi connectivity index (χ2v) is 8.04. The van der Waals surface area contributed by atoms with Crippen molar-refractivity contribution in [1.29, 1.82) is 0 Å². The molecule has 1 aliphatic heterocycles. The molecule has 2 aromatic carbocycles. The number of nitrogens with two attached hydrogens (primary N) is 1. The minimum atomic E-state index is -0.574. The Morgan fingerprint density at radius 2 is 2.12 bits per heavy atom. The molecule has 1 aliphatic rings. The number of fused-ring (bicyclic) bond motifs is 1. The van der Waals surface area contributed by atoms with Crippen LogP contribution in [0.2, 0.25) is 5.02 Å². The van der Waals surface area contributed by atoms with Gasteiger partial charge in [-0.1, -0.05) is 17.7 Å². The number of likely N-dealkylation sites (N-methyl/N-ethyl adjacent to an activating group) is 1. The van der Waals surface area contributed by atoms with E-state index in [1.165, 1.54) is 19.5 Å². The van der Waals surface area contributed by atoms with Gasteiger partial charge in [0.1, 0.15) is 18.2 Å². The summed E-state index contributed by atoms with van der Waals surface area (Å²) in [6, 6.07) is 7.76. The quantitative estimate of drug-likeness (QED) is 0.581. The van der Waals surface area contributed by atoms with Crippen molar-refractivity contribution in [2.75, 3.05) is 26.0 Å². The number of hydrogen-bond acceptors (Lipinski definition) is 7. The summed E-state index contributed by atoms with van der Waals surface area (Å²) in [6.45, 7) is 0.679. The van der Waals surface area contributed by atoms with E-state index in [1.807, 2.05) is 11.9 Å². The summed E-state index contributed by atoms with van der Waals surface area (Å²) >= 11 is 5.90. The van der Waals surface area contributed by atoms with Gasteiger partial charge in [-0.15, -0.1) is 0 Å². The van der Waals surface area contributed by atoms with Crippen molar-refractivity contribution in [1.82, 2.24) is 14.9 Å². The molecule has 2 heterocycles. The molecule has 4 rings (SSSR count). The van der Waals surface area contributed by atoms with E-state index >= 15 is 0 Å². The summed E-state index contributed by atoms with van der Waals surface area (Å²) in [6.07, 6.45) is 2.35. The minimum absolute atomic E-state index is 0.00493. The Hall–Kier alpha value is -3.17. The number of aromatic nitrogens is 2. The molecule has 0 unspecified atom stereocenters. The van der Waals surface area contributed by atoms with Gasteiger partial charge in [0.05, 0.1) is 29.4 Å². The maximum absolute atomic E-state index is 14.4. The van der Waals surface area contributed by atoms with Crippen molar-refractivity contribution in [3.8, 4) is 11.5 Å². The molecule has 0 saturated carbocycles. The molecule has 1 amide bonds. The Morgan fingerprint density at radius 1 is 1.31 bits per heavy atom. The van der Waals surface area contributed by atoms with Gasteiger partial charge in [0.25, 0.3) is 0 Å².